The molecule has 0 spiro atoms. The summed E-state index contributed by atoms with van der Waals surface area (Å²) in [5.41, 5.74) is 4.51. The fourth-order valence-electron chi connectivity index (χ4n) is 2.68. The summed E-state index contributed by atoms with van der Waals surface area (Å²) in [6.07, 6.45) is 4.15. The molecule has 0 bridgehead atoms. The number of anilines is 1. The maximum Gasteiger partial charge on any atom is 0.161 e. The van der Waals surface area contributed by atoms with Crippen molar-refractivity contribution in [3.63, 3.8) is 0 Å². The number of carbonyl (C=O) groups is 1. The average Bonchev–Trinajstić information content (AvgIpc) is 2.70. The molecule has 1 aliphatic rings. The largest absolute Gasteiger partial charge is 0.374 e. The van der Waals surface area contributed by atoms with Crippen LogP contribution in [-0.4, -0.2) is 24.4 Å². The molecule has 1 aromatic carbocycles. The Kier molecular flexibility index (Phi) is 2.21. The van der Waals surface area contributed by atoms with E-state index in [1.54, 1.807) is 6.92 Å². The van der Waals surface area contributed by atoms with Gasteiger partial charge in [-0.1, -0.05) is 0 Å². The van der Waals surface area contributed by atoms with Crippen molar-refractivity contribution in [3.8, 4) is 0 Å². The number of rotatable bonds is 1. The van der Waals surface area contributed by atoms with E-state index in [1.807, 2.05) is 6.20 Å². The van der Waals surface area contributed by atoms with Gasteiger partial charge in [0.2, 0.25) is 0 Å². The third kappa shape index (κ3) is 1.54. The molecule has 0 saturated carbocycles. The van der Waals surface area contributed by atoms with Crippen molar-refractivity contribution in [1.29, 1.82) is 0 Å². The van der Waals surface area contributed by atoms with E-state index in [9.17, 15) is 4.79 Å². The van der Waals surface area contributed by atoms with E-state index < -0.39 is 0 Å². The average molecular weight is 228 g/mol. The first-order valence-electron chi connectivity index (χ1n) is 6.03. The van der Waals surface area contributed by atoms with Crippen molar-refractivity contribution in [2.75, 3.05) is 18.5 Å². The number of Topliss-reactive ketones (excluding diaryl/α,β-unsaturated/α-hetero) is 1. The van der Waals surface area contributed by atoms with E-state index in [-0.39, 0.29) is 5.78 Å². The molecular weight excluding hydrogens is 212 g/mol. The highest BCUT2D eigenvalue weighted by Gasteiger charge is 2.17. The van der Waals surface area contributed by atoms with Crippen LogP contribution in [0.2, 0.25) is 0 Å². The number of carbonyl (C=O) groups excluding carboxylic acids is 1. The van der Waals surface area contributed by atoms with Gasteiger partial charge in [-0.2, -0.15) is 0 Å². The molecule has 3 rings (SSSR count). The van der Waals surface area contributed by atoms with E-state index in [1.165, 1.54) is 17.7 Å². The SMILES string of the molecule is CC(=O)c1c[nH]c2cc3c(cc12)N(C)CCC3. The zero-order valence-corrected chi connectivity index (χ0v) is 10.2. The molecule has 0 amide bonds. The van der Waals surface area contributed by atoms with Crippen LogP contribution in [0, 0.1) is 0 Å². The Morgan fingerprint density at radius 3 is 3.00 bits per heavy atom. The van der Waals surface area contributed by atoms with Crippen molar-refractivity contribution in [1.82, 2.24) is 4.98 Å². The van der Waals surface area contributed by atoms with Crippen LogP contribution in [0.3, 0.4) is 0 Å². The van der Waals surface area contributed by atoms with Gasteiger partial charge in [-0.25, -0.2) is 0 Å². The molecule has 0 atom stereocenters. The van der Waals surface area contributed by atoms with Gasteiger partial charge in [0.1, 0.15) is 0 Å². The lowest BCUT2D eigenvalue weighted by atomic mass is 9.99. The van der Waals surface area contributed by atoms with Crippen LogP contribution in [0.4, 0.5) is 5.69 Å². The summed E-state index contributed by atoms with van der Waals surface area (Å²) in [4.78, 5) is 17.0. The third-order valence-corrected chi connectivity index (χ3v) is 3.61. The number of hydrogen-bond donors (Lipinski definition) is 1. The minimum atomic E-state index is 0.120. The molecule has 88 valence electrons. The number of fused-ring (bicyclic) bond motifs is 2. The van der Waals surface area contributed by atoms with Gasteiger partial charge in [0.05, 0.1) is 0 Å². The maximum atomic E-state index is 11.5. The summed E-state index contributed by atoms with van der Waals surface area (Å²) in [7, 11) is 2.12. The lowest BCUT2D eigenvalue weighted by Gasteiger charge is -2.27. The molecular formula is C14H16N2O. The fraction of sp³-hybridized carbons (Fsp3) is 0.357. The number of hydrogen-bond acceptors (Lipinski definition) is 2. The van der Waals surface area contributed by atoms with E-state index in [0.717, 1.165) is 29.4 Å². The predicted molar refractivity (Wildman–Crippen MR) is 69.9 cm³/mol. The number of aryl methyl sites for hydroxylation is 1. The van der Waals surface area contributed by atoms with Gasteiger partial charge in [-0.3, -0.25) is 4.79 Å². The van der Waals surface area contributed by atoms with Gasteiger partial charge >= 0.3 is 0 Å². The van der Waals surface area contributed by atoms with Gasteiger partial charge in [-0.05, 0) is 37.5 Å². The van der Waals surface area contributed by atoms with Crippen LogP contribution in [0.15, 0.2) is 18.3 Å². The molecule has 1 aromatic heterocycles. The van der Waals surface area contributed by atoms with Gasteiger partial charge in [0.15, 0.2) is 5.78 Å². The second kappa shape index (κ2) is 3.62. The Morgan fingerprint density at radius 1 is 1.41 bits per heavy atom. The summed E-state index contributed by atoms with van der Waals surface area (Å²) in [5, 5.41) is 1.05. The Labute approximate surface area is 100 Å². The predicted octanol–water partition coefficient (Wildman–Crippen LogP) is 2.75. The van der Waals surface area contributed by atoms with Gasteiger partial charge in [0.25, 0.3) is 0 Å². The fourth-order valence-corrected chi connectivity index (χ4v) is 2.68. The van der Waals surface area contributed by atoms with Crippen LogP contribution in [0.1, 0.15) is 29.3 Å². The van der Waals surface area contributed by atoms with Crippen LogP contribution >= 0.6 is 0 Å². The van der Waals surface area contributed by atoms with Crippen LogP contribution in [0.25, 0.3) is 10.9 Å². The van der Waals surface area contributed by atoms with Crippen LogP contribution < -0.4 is 4.90 Å². The molecule has 0 saturated heterocycles. The third-order valence-electron chi connectivity index (χ3n) is 3.61. The van der Waals surface area contributed by atoms with E-state index in [2.05, 4.69) is 29.1 Å². The number of ketones is 1. The molecule has 1 N–H and O–H groups in total. The first-order valence-corrected chi connectivity index (χ1v) is 6.03. The van der Waals surface area contributed by atoms with Gasteiger partial charge in [0, 0.05) is 41.9 Å². The normalized spacial score (nSPS) is 15.1. The maximum absolute atomic E-state index is 11.5. The topological polar surface area (TPSA) is 36.1 Å². The molecule has 3 nitrogen and oxygen atoms in total. The summed E-state index contributed by atoms with van der Waals surface area (Å²) in [6, 6.07) is 4.34. The Morgan fingerprint density at radius 2 is 2.24 bits per heavy atom. The van der Waals surface area contributed by atoms with Crippen LogP contribution in [0.5, 0.6) is 0 Å². The number of nitrogens with one attached hydrogen (secondary N) is 1. The molecule has 3 heteroatoms. The minimum absolute atomic E-state index is 0.120. The lowest BCUT2D eigenvalue weighted by molar-refractivity contribution is 0.101. The standard InChI is InChI=1S/C14H16N2O/c1-9(17)12-8-15-13-6-10-4-3-5-16(2)14(10)7-11(12)13/h6-8,15H,3-5H2,1-2H3. The number of benzene rings is 1. The smallest absolute Gasteiger partial charge is 0.161 e. The molecule has 0 radical (unpaired) electrons. The summed E-state index contributed by atoms with van der Waals surface area (Å²) in [6.45, 7) is 2.71. The molecule has 1 aliphatic heterocycles. The molecule has 0 aliphatic carbocycles. The highest BCUT2D eigenvalue weighted by atomic mass is 16.1. The zero-order chi connectivity index (χ0) is 12.0. The summed E-state index contributed by atoms with van der Waals surface area (Å²) < 4.78 is 0. The van der Waals surface area contributed by atoms with Crippen molar-refractivity contribution >= 4 is 22.4 Å². The molecule has 0 fully saturated rings. The van der Waals surface area contributed by atoms with Gasteiger partial charge < -0.3 is 9.88 Å². The van der Waals surface area contributed by atoms with Crippen molar-refractivity contribution in [3.05, 3.63) is 29.5 Å². The number of H-pyrrole nitrogens is 1. The van der Waals surface area contributed by atoms with Crippen molar-refractivity contribution in [2.24, 2.45) is 0 Å². The van der Waals surface area contributed by atoms with Crippen molar-refractivity contribution < 1.29 is 4.79 Å². The monoisotopic (exact) mass is 228 g/mol. The Bertz CT molecular complexity index is 598. The highest BCUT2D eigenvalue weighted by Crippen LogP contribution is 2.32. The first-order chi connectivity index (χ1) is 8.16. The highest BCUT2D eigenvalue weighted by molar-refractivity contribution is 6.07. The molecule has 2 aromatic rings. The van der Waals surface area contributed by atoms with E-state index >= 15 is 0 Å². The first kappa shape index (κ1) is 10.4. The van der Waals surface area contributed by atoms with E-state index in [0.29, 0.717) is 0 Å². The molecule has 0 unspecified atom stereocenters. The van der Waals surface area contributed by atoms with E-state index in [4.69, 9.17) is 0 Å². The second-order valence-corrected chi connectivity index (χ2v) is 4.81. The quantitative estimate of drug-likeness (QED) is 0.762. The van der Waals surface area contributed by atoms with Gasteiger partial charge in [-0.15, -0.1) is 0 Å². The number of nitrogens with zero attached hydrogens (tertiary/aromatic N) is 1. The lowest BCUT2D eigenvalue weighted by Crippen LogP contribution is -2.24. The number of aromatic amines is 1. The minimum Gasteiger partial charge on any atom is -0.374 e. The summed E-state index contributed by atoms with van der Waals surface area (Å²) >= 11 is 0. The Balaban J connectivity index is 2.26. The van der Waals surface area contributed by atoms with Crippen molar-refractivity contribution in [2.45, 2.75) is 19.8 Å². The van der Waals surface area contributed by atoms with Crippen LogP contribution in [-0.2, 0) is 6.42 Å². The zero-order valence-electron chi connectivity index (χ0n) is 10.2. The Hall–Kier alpha value is -1.77. The molecule has 2 heterocycles. The number of aromatic nitrogens is 1. The summed E-state index contributed by atoms with van der Waals surface area (Å²) in [5.74, 6) is 0.120. The second-order valence-electron chi connectivity index (χ2n) is 4.81. The molecule has 17 heavy (non-hydrogen) atoms.